The van der Waals surface area contributed by atoms with Crippen LogP contribution >= 0.6 is 0 Å². The standard InChI is InChI=1S/C31H52N4O4/c1-21(2)11-8-7-9-13-28(37)35-29(23(5)6)27(36)20-25(12-10-18-33-31(32)39)30(38)34-26-16-14-24(15-17-26)19-22(3)4/h14-17,21-23,25,29H,7-13,18-20H2,1-6H3,(H,34,38)(H,35,37)(H3,32,33,39)/t25-,29+/m1/s1. The van der Waals surface area contributed by atoms with Crippen LogP contribution in [0.3, 0.4) is 0 Å². The second-order valence-corrected chi connectivity index (χ2v) is 11.9. The maximum atomic E-state index is 13.3. The zero-order chi connectivity index (χ0) is 29.4. The average Bonchev–Trinajstić information content (AvgIpc) is 2.84. The summed E-state index contributed by atoms with van der Waals surface area (Å²) in [6, 6.07) is 6.48. The van der Waals surface area contributed by atoms with Crippen LogP contribution in [0.15, 0.2) is 24.3 Å². The predicted molar refractivity (Wildman–Crippen MR) is 158 cm³/mol. The molecule has 0 aliphatic heterocycles. The number of benzene rings is 1. The molecule has 0 spiro atoms. The van der Waals surface area contributed by atoms with Gasteiger partial charge in [-0.2, -0.15) is 0 Å². The quantitative estimate of drug-likeness (QED) is 0.169. The molecule has 0 bridgehead atoms. The number of nitrogens with one attached hydrogen (secondary N) is 3. The Balaban J connectivity index is 2.82. The first-order chi connectivity index (χ1) is 18.4. The largest absolute Gasteiger partial charge is 0.352 e. The van der Waals surface area contributed by atoms with Gasteiger partial charge in [0.05, 0.1) is 6.04 Å². The van der Waals surface area contributed by atoms with Crippen LogP contribution in [-0.2, 0) is 20.8 Å². The maximum absolute atomic E-state index is 13.3. The molecule has 1 aromatic carbocycles. The number of ketones is 1. The minimum atomic E-state index is -0.650. The van der Waals surface area contributed by atoms with Crippen molar-refractivity contribution in [3.63, 3.8) is 0 Å². The maximum Gasteiger partial charge on any atom is 0.312 e. The Hall–Kier alpha value is -2.90. The molecule has 2 atom stereocenters. The summed E-state index contributed by atoms with van der Waals surface area (Å²) in [6.07, 6.45) is 6.29. The van der Waals surface area contributed by atoms with E-state index in [2.05, 4.69) is 43.6 Å². The van der Waals surface area contributed by atoms with Crippen molar-refractivity contribution in [2.75, 3.05) is 11.9 Å². The third-order valence-electron chi connectivity index (χ3n) is 6.73. The fourth-order valence-corrected chi connectivity index (χ4v) is 4.58. The molecule has 0 saturated carbocycles. The molecule has 39 heavy (non-hydrogen) atoms. The average molecular weight is 545 g/mol. The van der Waals surface area contributed by atoms with Gasteiger partial charge in [-0.25, -0.2) is 4.79 Å². The first-order valence-electron chi connectivity index (χ1n) is 14.6. The fraction of sp³-hybridized carbons (Fsp3) is 0.677. The number of anilines is 1. The number of nitrogens with two attached hydrogens (primary N) is 1. The number of carbonyl (C=O) groups is 4. The van der Waals surface area contributed by atoms with E-state index in [-0.39, 0.29) is 29.9 Å². The number of urea groups is 1. The molecule has 1 aromatic rings. The van der Waals surface area contributed by atoms with E-state index in [0.717, 1.165) is 32.1 Å². The monoisotopic (exact) mass is 544 g/mol. The summed E-state index contributed by atoms with van der Waals surface area (Å²) >= 11 is 0. The Morgan fingerprint density at radius 3 is 2.05 bits per heavy atom. The lowest BCUT2D eigenvalue weighted by molar-refractivity contribution is -0.131. The first-order valence-corrected chi connectivity index (χ1v) is 14.6. The van der Waals surface area contributed by atoms with Crippen molar-refractivity contribution in [2.24, 2.45) is 29.4 Å². The molecule has 0 aromatic heterocycles. The topological polar surface area (TPSA) is 130 Å². The first kappa shape index (κ1) is 34.1. The SMILES string of the molecule is CC(C)CCCCCC(=O)N[C@H](C(=O)C[C@@H](CCCNC(N)=O)C(=O)Nc1ccc(CC(C)C)cc1)C(C)C. The van der Waals surface area contributed by atoms with Crippen molar-refractivity contribution >= 4 is 29.3 Å². The van der Waals surface area contributed by atoms with Crippen molar-refractivity contribution in [2.45, 2.75) is 105 Å². The number of hydrogen-bond acceptors (Lipinski definition) is 4. The second kappa shape index (κ2) is 18.4. The number of Topliss-reactive ketones (excluding diaryl/α,β-unsaturated/α-hetero) is 1. The Labute approximate surface area is 235 Å². The Bertz CT molecular complexity index is 896. The van der Waals surface area contributed by atoms with Gasteiger partial charge in [-0.15, -0.1) is 0 Å². The molecular weight excluding hydrogens is 492 g/mol. The highest BCUT2D eigenvalue weighted by Gasteiger charge is 2.29. The van der Waals surface area contributed by atoms with Crippen molar-refractivity contribution < 1.29 is 19.2 Å². The van der Waals surface area contributed by atoms with E-state index < -0.39 is 18.0 Å². The molecule has 5 N–H and O–H groups in total. The van der Waals surface area contributed by atoms with Crippen LogP contribution in [0.4, 0.5) is 10.5 Å². The molecule has 1 rings (SSSR count). The Morgan fingerprint density at radius 1 is 0.821 bits per heavy atom. The summed E-state index contributed by atoms with van der Waals surface area (Å²) < 4.78 is 0. The minimum Gasteiger partial charge on any atom is -0.352 e. The number of primary amides is 1. The Kier molecular flexibility index (Phi) is 16.1. The van der Waals surface area contributed by atoms with E-state index in [1.807, 2.05) is 38.1 Å². The van der Waals surface area contributed by atoms with Gasteiger partial charge in [0.1, 0.15) is 0 Å². The van der Waals surface area contributed by atoms with Gasteiger partial charge < -0.3 is 21.7 Å². The second-order valence-electron chi connectivity index (χ2n) is 11.9. The van der Waals surface area contributed by atoms with E-state index in [1.165, 1.54) is 5.56 Å². The molecule has 4 amide bonds. The zero-order valence-corrected chi connectivity index (χ0v) is 25.0. The van der Waals surface area contributed by atoms with Gasteiger partial charge in [-0.1, -0.05) is 72.9 Å². The molecule has 220 valence electrons. The van der Waals surface area contributed by atoms with E-state index >= 15 is 0 Å². The Morgan fingerprint density at radius 2 is 1.49 bits per heavy atom. The molecule has 0 aliphatic rings. The molecular formula is C31H52N4O4. The highest BCUT2D eigenvalue weighted by Crippen LogP contribution is 2.20. The lowest BCUT2D eigenvalue weighted by Gasteiger charge is -2.24. The van der Waals surface area contributed by atoms with Crippen molar-refractivity contribution in [1.82, 2.24) is 10.6 Å². The number of carbonyl (C=O) groups excluding carboxylic acids is 4. The normalized spacial score (nSPS) is 12.8. The molecule has 0 aliphatic carbocycles. The molecule has 0 radical (unpaired) electrons. The van der Waals surface area contributed by atoms with Crippen molar-refractivity contribution in [3.05, 3.63) is 29.8 Å². The molecule has 0 saturated heterocycles. The highest BCUT2D eigenvalue weighted by molar-refractivity contribution is 5.97. The van der Waals surface area contributed by atoms with Crippen LogP contribution < -0.4 is 21.7 Å². The summed E-state index contributed by atoms with van der Waals surface area (Å²) in [7, 11) is 0. The van der Waals surface area contributed by atoms with E-state index in [4.69, 9.17) is 5.73 Å². The number of hydrogen-bond donors (Lipinski definition) is 4. The predicted octanol–water partition coefficient (Wildman–Crippen LogP) is 5.59. The van der Waals surface area contributed by atoms with Crippen LogP contribution in [0.2, 0.25) is 0 Å². The third kappa shape index (κ3) is 15.3. The zero-order valence-electron chi connectivity index (χ0n) is 25.0. The van der Waals surface area contributed by atoms with Crippen molar-refractivity contribution in [1.29, 1.82) is 0 Å². The summed E-state index contributed by atoms with van der Waals surface area (Å²) in [5.74, 6) is -0.0455. The summed E-state index contributed by atoms with van der Waals surface area (Å²) in [5, 5.41) is 8.40. The molecule has 0 fully saturated rings. The molecule has 0 heterocycles. The number of unbranched alkanes of at least 4 members (excludes halogenated alkanes) is 2. The van der Waals surface area contributed by atoms with Crippen LogP contribution in [-0.4, -0.2) is 36.2 Å². The van der Waals surface area contributed by atoms with Gasteiger partial charge in [0.25, 0.3) is 0 Å². The van der Waals surface area contributed by atoms with Gasteiger partial charge in [0.2, 0.25) is 11.8 Å². The molecule has 0 unspecified atom stereocenters. The van der Waals surface area contributed by atoms with Gasteiger partial charge in [-0.3, -0.25) is 14.4 Å². The van der Waals surface area contributed by atoms with Crippen LogP contribution in [0, 0.1) is 23.7 Å². The van der Waals surface area contributed by atoms with E-state index in [1.54, 1.807) is 0 Å². The van der Waals surface area contributed by atoms with Crippen LogP contribution in [0.1, 0.15) is 98.5 Å². The highest BCUT2D eigenvalue weighted by atomic mass is 16.2. The minimum absolute atomic E-state index is 0.00531. The number of amides is 4. The summed E-state index contributed by atoms with van der Waals surface area (Å²) in [6.45, 7) is 12.8. The van der Waals surface area contributed by atoms with Crippen LogP contribution in [0.25, 0.3) is 0 Å². The molecule has 8 nitrogen and oxygen atoms in total. The number of rotatable bonds is 19. The lowest BCUT2D eigenvalue weighted by atomic mass is 9.89. The van der Waals surface area contributed by atoms with Gasteiger partial charge in [-0.05, 0) is 61.1 Å². The summed E-state index contributed by atoms with van der Waals surface area (Å²) in [5.41, 5.74) is 7.02. The smallest absolute Gasteiger partial charge is 0.312 e. The van der Waals surface area contributed by atoms with E-state index in [0.29, 0.717) is 43.3 Å². The van der Waals surface area contributed by atoms with Crippen LogP contribution in [0.5, 0.6) is 0 Å². The van der Waals surface area contributed by atoms with Gasteiger partial charge in [0.15, 0.2) is 5.78 Å². The molecule has 8 heteroatoms. The summed E-state index contributed by atoms with van der Waals surface area (Å²) in [4.78, 5) is 50.2. The van der Waals surface area contributed by atoms with E-state index in [9.17, 15) is 19.2 Å². The lowest BCUT2D eigenvalue weighted by Crippen LogP contribution is -2.45. The third-order valence-corrected chi connectivity index (χ3v) is 6.73. The van der Waals surface area contributed by atoms with Gasteiger partial charge in [0, 0.05) is 31.0 Å². The fourth-order valence-electron chi connectivity index (χ4n) is 4.58. The van der Waals surface area contributed by atoms with Crippen molar-refractivity contribution in [3.8, 4) is 0 Å². The van der Waals surface area contributed by atoms with Gasteiger partial charge >= 0.3 is 6.03 Å².